The van der Waals surface area contributed by atoms with Gasteiger partial charge in [0.15, 0.2) is 0 Å². The van der Waals surface area contributed by atoms with E-state index >= 15 is 0 Å². The summed E-state index contributed by atoms with van der Waals surface area (Å²) < 4.78 is 6.61. The highest BCUT2D eigenvalue weighted by Gasteiger charge is 2.33. The van der Waals surface area contributed by atoms with Crippen LogP contribution in [0.25, 0.3) is 10.1 Å². The largest absolute Gasteiger partial charge is 0.378 e. The Morgan fingerprint density at radius 1 is 1.00 bits per heavy atom. The van der Waals surface area contributed by atoms with E-state index in [4.69, 9.17) is 4.74 Å². The lowest BCUT2D eigenvalue weighted by molar-refractivity contribution is -0.131. The molecule has 3 saturated heterocycles. The third-order valence-corrected chi connectivity index (χ3v) is 7.80. The average molecular weight is 428 g/mol. The van der Waals surface area contributed by atoms with Gasteiger partial charge in [-0.3, -0.25) is 14.5 Å². The van der Waals surface area contributed by atoms with Crippen LogP contribution in [0.15, 0.2) is 24.3 Å². The number of benzene rings is 1. The van der Waals surface area contributed by atoms with Crippen molar-refractivity contribution in [1.29, 1.82) is 0 Å². The van der Waals surface area contributed by atoms with Gasteiger partial charge in [-0.15, -0.1) is 11.3 Å². The Morgan fingerprint density at radius 3 is 2.57 bits per heavy atom. The molecule has 1 aromatic heterocycles. The van der Waals surface area contributed by atoms with E-state index in [1.165, 1.54) is 15.6 Å². The number of carbonyl (C=O) groups is 2. The minimum absolute atomic E-state index is 0.140. The maximum absolute atomic E-state index is 13.4. The predicted octanol–water partition coefficient (Wildman–Crippen LogP) is 2.79. The van der Waals surface area contributed by atoms with Crippen LogP contribution in [0.1, 0.15) is 40.4 Å². The fraction of sp³-hybridized carbons (Fsp3) is 0.565. The fourth-order valence-electron chi connectivity index (χ4n) is 5.01. The Morgan fingerprint density at radius 2 is 1.77 bits per heavy atom. The highest BCUT2D eigenvalue weighted by Crippen LogP contribution is 2.40. The molecule has 6 nitrogen and oxygen atoms in total. The van der Waals surface area contributed by atoms with Gasteiger partial charge >= 0.3 is 0 Å². The van der Waals surface area contributed by atoms with E-state index in [2.05, 4.69) is 23.1 Å². The van der Waals surface area contributed by atoms with Gasteiger partial charge in [0.2, 0.25) is 5.91 Å². The molecule has 0 spiro atoms. The van der Waals surface area contributed by atoms with Crippen LogP contribution in [0.2, 0.25) is 0 Å². The van der Waals surface area contributed by atoms with Crippen molar-refractivity contribution in [2.75, 3.05) is 59.0 Å². The number of morpholine rings is 1. The van der Waals surface area contributed by atoms with Gasteiger partial charge in [-0.05, 0) is 42.8 Å². The lowest BCUT2D eigenvalue weighted by Crippen LogP contribution is -2.40. The number of likely N-dealkylation sites (tertiary alicyclic amines) is 2. The molecule has 4 heterocycles. The van der Waals surface area contributed by atoms with E-state index in [1.807, 2.05) is 15.9 Å². The van der Waals surface area contributed by atoms with Gasteiger partial charge in [0.25, 0.3) is 5.91 Å². The Balaban J connectivity index is 1.38. The molecule has 160 valence electrons. The number of hydrogen-bond donors (Lipinski definition) is 0. The molecule has 0 unspecified atom stereocenters. The average Bonchev–Trinajstić information content (AvgIpc) is 3.53. The smallest absolute Gasteiger partial charge is 0.264 e. The zero-order chi connectivity index (χ0) is 20.5. The number of nitrogens with zero attached hydrogens (tertiary/aromatic N) is 3. The van der Waals surface area contributed by atoms with Crippen molar-refractivity contribution in [1.82, 2.24) is 14.7 Å². The number of hydrogen-bond acceptors (Lipinski definition) is 5. The molecule has 0 radical (unpaired) electrons. The Hall–Kier alpha value is -1.96. The highest BCUT2D eigenvalue weighted by molar-refractivity contribution is 7.21. The number of thiophene rings is 1. The second-order valence-corrected chi connectivity index (χ2v) is 9.61. The summed E-state index contributed by atoms with van der Waals surface area (Å²) >= 11 is 1.62. The first kappa shape index (κ1) is 20.0. The van der Waals surface area contributed by atoms with Crippen LogP contribution in [0, 0.1) is 0 Å². The predicted molar refractivity (Wildman–Crippen MR) is 118 cm³/mol. The third kappa shape index (κ3) is 3.86. The van der Waals surface area contributed by atoms with Crippen LogP contribution in [0.4, 0.5) is 0 Å². The van der Waals surface area contributed by atoms with E-state index in [-0.39, 0.29) is 11.8 Å². The SMILES string of the molecule is O=C(CN1CC[C@@H](c2c(C(=O)N3CCOCC3)sc3ccccc23)C1)N1CCCC1. The first-order valence-electron chi connectivity index (χ1n) is 11.1. The van der Waals surface area contributed by atoms with Crippen molar-refractivity contribution in [3.05, 3.63) is 34.7 Å². The van der Waals surface area contributed by atoms with Gasteiger partial charge in [0, 0.05) is 43.3 Å². The number of ether oxygens (including phenoxy) is 1. The van der Waals surface area contributed by atoms with E-state index in [9.17, 15) is 9.59 Å². The van der Waals surface area contributed by atoms with E-state index < -0.39 is 0 Å². The van der Waals surface area contributed by atoms with Gasteiger partial charge in [-0.1, -0.05) is 18.2 Å². The molecule has 2 amide bonds. The molecule has 3 aliphatic heterocycles. The topological polar surface area (TPSA) is 53.1 Å². The molecule has 30 heavy (non-hydrogen) atoms. The summed E-state index contributed by atoms with van der Waals surface area (Å²) in [6.07, 6.45) is 3.25. The Labute approximate surface area is 181 Å². The molecular formula is C23H29N3O3S. The Bertz CT molecular complexity index is 931. The summed E-state index contributed by atoms with van der Waals surface area (Å²) in [6, 6.07) is 8.37. The van der Waals surface area contributed by atoms with Crippen molar-refractivity contribution in [2.45, 2.75) is 25.2 Å². The maximum Gasteiger partial charge on any atom is 0.264 e. The quantitative estimate of drug-likeness (QED) is 0.753. The molecule has 2 aromatic rings. The molecule has 0 N–H and O–H groups in total. The van der Waals surface area contributed by atoms with E-state index in [0.29, 0.717) is 38.8 Å². The lowest BCUT2D eigenvalue weighted by Gasteiger charge is -2.27. The van der Waals surface area contributed by atoms with Crippen molar-refractivity contribution in [2.24, 2.45) is 0 Å². The standard InChI is InChI=1S/C23H29N3O3S/c27-20(25-8-3-4-9-25)16-24-10-7-17(15-24)21-18-5-1-2-6-19(18)30-22(21)23(28)26-11-13-29-14-12-26/h1-2,5-6,17H,3-4,7-16H2/t17-/m1/s1. The van der Waals surface area contributed by atoms with Gasteiger partial charge < -0.3 is 14.5 Å². The van der Waals surface area contributed by atoms with Crippen LogP contribution in [-0.4, -0.2) is 85.5 Å². The summed E-state index contributed by atoms with van der Waals surface area (Å²) in [5, 5.41) is 1.21. The molecule has 0 bridgehead atoms. The van der Waals surface area contributed by atoms with Crippen molar-refractivity contribution in [3.8, 4) is 0 Å². The number of amides is 2. The lowest BCUT2D eigenvalue weighted by atomic mass is 9.94. The molecule has 1 atom stereocenters. The van der Waals surface area contributed by atoms with Crippen LogP contribution < -0.4 is 0 Å². The molecule has 1 aromatic carbocycles. The first-order valence-corrected chi connectivity index (χ1v) is 11.9. The zero-order valence-corrected chi connectivity index (χ0v) is 18.2. The minimum atomic E-state index is 0.140. The highest BCUT2D eigenvalue weighted by atomic mass is 32.1. The number of rotatable bonds is 4. The molecule has 0 saturated carbocycles. The van der Waals surface area contributed by atoms with Crippen LogP contribution in [0.5, 0.6) is 0 Å². The van der Waals surface area contributed by atoms with Crippen molar-refractivity contribution < 1.29 is 14.3 Å². The maximum atomic E-state index is 13.4. The number of fused-ring (bicyclic) bond motifs is 1. The normalized spacial score (nSPS) is 22.9. The van der Waals surface area contributed by atoms with Crippen molar-refractivity contribution in [3.63, 3.8) is 0 Å². The molecular weight excluding hydrogens is 398 g/mol. The molecule has 5 rings (SSSR count). The van der Waals surface area contributed by atoms with Crippen molar-refractivity contribution >= 4 is 33.2 Å². The number of carbonyl (C=O) groups excluding carboxylic acids is 2. The summed E-state index contributed by atoms with van der Waals surface area (Å²) in [4.78, 5) is 33.1. The summed E-state index contributed by atoms with van der Waals surface area (Å²) in [6.45, 7) is 6.63. The van der Waals surface area contributed by atoms with E-state index in [0.717, 1.165) is 50.3 Å². The fourth-order valence-corrected chi connectivity index (χ4v) is 6.27. The second-order valence-electron chi connectivity index (χ2n) is 8.55. The molecule has 3 fully saturated rings. The van der Waals surface area contributed by atoms with Gasteiger partial charge in [-0.2, -0.15) is 0 Å². The Kier molecular flexibility index (Phi) is 5.76. The molecule has 7 heteroatoms. The minimum Gasteiger partial charge on any atom is -0.378 e. The summed E-state index contributed by atoms with van der Waals surface area (Å²) in [5.74, 6) is 0.696. The zero-order valence-electron chi connectivity index (χ0n) is 17.3. The third-order valence-electron chi connectivity index (χ3n) is 6.62. The van der Waals surface area contributed by atoms with Crippen LogP contribution in [-0.2, 0) is 9.53 Å². The summed E-state index contributed by atoms with van der Waals surface area (Å²) in [7, 11) is 0. The molecule has 3 aliphatic rings. The second kappa shape index (κ2) is 8.65. The van der Waals surface area contributed by atoms with E-state index in [1.54, 1.807) is 11.3 Å². The van der Waals surface area contributed by atoms with Gasteiger partial charge in [0.1, 0.15) is 0 Å². The first-order chi connectivity index (χ1) is 14.7. The molecule has 0 aliphatic carbocycles. The van der Waals surface area contributed by atoms with Gasteiger partial charge in [-0.25, -0.2) is 0 Å². The van der Waals surface area contributed by atoms with Crippen LogP contribution in [0.3, 0.4) is 0 Å². The van der Waals surface area contributed by atoms with Crippen LogP contribution >= 0.6 is 11.3 Å². The van der Waals surface area contributed by atoms with Gasteiger partial charge in [0.05, 0.1) is 24.6 Å². The summed E-state index contributed by atoms with van der Waals surface area (Å²) in [5.41, 5.74) is 1.20. The monoisotopic (exact) mass is 427 g/mol.